The maximum Gasteiger partial charge on any atom is 0.334 e. The van der Waals surface area contributed by atoms with Crippen molar-refractivity contribution in [1.29, 1.82) is 0 Å². The lowest BCUT2D eigenvalue weighted by molar-refractivity contribution is -0.144. The molecule has 0 aromatic carbocycles. The fourth-order valence-corrected chi connectivity index (χ4v) is 2.12. The number of ether oxygens (including phenoxy) is 1. The average molecular weight is 240 g/mol. The van der Waals surface area contributed by atoms with Crippen molar-refractivity contribution in [2.45, 2.75) is 51.6 Å². The van der Waals surface area contributed by atoms with E-state index in [1.807, 2.05) is 0 Å². The minimum Gasteiger partial charge on any atom is -0.481 e. The molecule has 2 unspecified atom stereocenters. The van der Waals surface area contributed by atoms with Gasteiger partial charge < -0.3 is 9.84 Å². The number of carbonyl (C=O) groups excluding carboxylic acids is 1. The van der Waals surface area contributed by atoms with Crippen LogP contribution in [0.15, 0.2) is 12.2 Å². The van der Waals surface area contributed by atoms with Crippen molar-refractivity contribution in [3.63, 3.8) is 0 Å². The van der Waals surface area contributed by atoms with Crippen LogP contribution >= 0.6 is 0 Å². The smallest absolute Gasteiger partial charge is 0.334 e. The lowest BCUT2D eigenvalue weighted by Crippen LogP contribution is -2.24. The summed E-state index contributed by atoms with van der Waals surface area (Å²) in [7, 11) is 0. The van der Waals surface area contributed by atoms with E-state index in [1.54, 1.807) is 0 Å². The van der Waals surface area contributed by atoms with Crippen molar-refractivity contribution in [1.82, 2.24) is 0 Å². The summed E-state index contributed by atoms with van der Waals surface area (Å²) in [6.45, 7) is 5.63. The van der Waals surface area contributed by atoms with E-state index >= 15 is 0 Å². The van der Waals surface area contributed by atoms with Gasteiger partial charge in [0.2, 0.25) is 0 Å². The number of hydrogen-bond acceptors (Lipinski definition) is 3. The highest BCUT2D eigenvalue weighted by Gasteiger charge is 2.42. The maximum atomic E-state index is 11.2. The molecule has 0 aliphatic carbocycles. The summed E-state index contributed by atoms with van der Waals surface area (Å²) in [4.78, 5) is 22.3. The number of unbranched alkanes of at least 4 members (excludes halogenated alkanes) is 4. The first-order chi connectivity index (χ1) is 8.07. The minimum atomic E-state index is -1.01. The lowest BCUT2D eigenvalue weighted by atomic mass is 9.93. The molecule has 0 amide bonds. The van der Waals surface area contributed by atoms with Gasteiger partial charge in [-0.2, -0.15) is 0 Å². The molecule has 4 heteroatoms. The van der Waals surface area contributed by atoms with Crippen LogP contribution in [0.1, 0.15) is 45.4 Å². The second-order valence-corrected chi connectivity index (χ2v) is 4.49. The van der Waals surface area contributed by atoms with Gasteiger partial charge >= 0.3 is 11.9 Å². The standard InChI is InChI=1S/C13H20O4/c1-3-4-5-6-7-8-10-11(12(14)15)9(2)13(16)17-10/h10-11H,2-8H2,1H3,(H,14,15). The molecular formula is C13H20O4. The molecule has 1 aliphatic heterocycles. The van der Waals surface area contributed by atoms with E-state index in [9.17, 15) is 9.59 Å². The van der Waals surface area contributed by atoms with E-state index in [0.29, 0.717) is 6.42 Å². The minimum absolute atomic E-state index is 0.0797. The second-order valence-electron chi connectivity index (χ2n) is 4.49. The van der Waals surface area contributed by atoms with Gasteiger partial charge in [-0.05, 0) is 12.8 Å². The van der Waals surface area contributed by atoms with Crippen LogP contribution in [0.3, 0.4) is 0 Å². The topological polar surface area (TPSA) is 63.6 Å². The van der Waals surface area contributed by atoms with Gasteiger partial charge in [0.15, 0.2) is 0 Å². The quantitative estimate of drug-likeness (QED) is 0.422. The first kappa shape index (κ1) is 13.7. The molecule has 0 radical (unpaired) electrons. The Morgan fingerprint density at radius 2 is 2.00 bits per heavy atom. The number of aliphatic carboxylic acids is 1. The Bertz CT molecular complexity index is 309. The van der Waals surface area contributed by atoms with Crippen molar-refractivity contribution in [3.05, 3.63) is 12.2 Å². The highest BCUT2D eigenvalue weighted by atomic mass is 16.6. The van der Waals surface area contributed by atoms with Gasteiger partial charge in [0.05, 0.1) is 0 Å². The summed E-state index contributed by atoms with van der Waals surface area (Å²) >= 11 is 0. The molecule has 1 saturated heterocycles. The fourth-order valence-electron chi connectivity index (χ4n) is 2.12. The Morgan fingerprint density at radius 3 is 2.59 bits per heavy atom. The van der Waals surface area contributed by atoms with Crippen LogP contribution in [-0.4, -0.2) is 23.1 Å². The van der Waals surface area contributed by atoms with Crippen molar-refractivity contribution in [3.8, 4) is 0 Å². The third-order valence-electron chi connectivity index (χ3n) is 3.13. The number of carbonyl (C=O) groups is 2. The molecule has 1 heterocycles. The lowest BCUT2D eigenvalue weighted by Gasteiger charge is -2.13. The van der Waals surface area contributed by atoms with Crippen LogP contribution in [0.5, 0.6) is 0 Å². The van der Waals surface area contributed by atoms with Gasteiger partial charge in [-0.1, -0.05) is 39.2 Å². The molecule has 0 saturated carbocycles. The maximum absolute atomic E-state index is 11.2. The number of carboxylic acids is 1. The Balaban J connectivity index is 2.39. The van der Waals surface area contributed by atoms with E-state index < -0.39 is 24.0 Å². The molecule has 4 nitrogen and oxygen atoms in total. The van der Waals surface area contributed by atoms with E-state index in [2.05, 4.69) is 13.5 Å². The van der Waals surface area contributed by atoms with Crippen LogP contribution in [-0.2, 0) is 14.3 Å². The van der Waals surface area contributed by atoms with Crippen molar-refractivity contribution < 1.29 is 19.4 Å². The summed E-state index contributed by atoms with van der Waals surface area (Å²) in [6.07, 6.45) is 5.57. The first-order valence-electron chi connectivity index (χ1n) is 6.20. The number of esters is 1. The number of cyclic esters (lactones) is 1. The molecule has 0 aromatic rings. The van der Waals surface area contributed by atoms with Gasteiger partial charge in [-0.3, -0.25) is 4.79 Å². The fraction of sp³-hybridized carbons (Fsp3) is 0.692. The van der Waals surface area contributed by atoms with Gasteiger partial charge in [0, 0.05) is 5.57 Å². The zero-order chi connectivity index (χ0) is 12.8. The molecule has 1 N–H and O–H groups in total. The summed E-state index contributed by atoms with van der Waals surface area (Å²) < 4.78 is 5.03. The number of hydrogen-bond donors (Lipinski definition) is 1. The van der Waals surface area contributed by atoms with E-state index in [1.165, 1.54) is 12.8 Å². The molecule has 0 bridgehead atoms. The monoisotopic (exact) mass is 240 g/mol. The van der Waals surface area contributed by atoms with Gasteiger partial charge in [-0.25, -0.2) is 4.79 Å². The Morgan fingerprint density at radius 1 is 1.35 bits per heavy atom. The van der Waals surface area contributed by atoms with Gasteiger partial charge in [-0.15, -0.1) is 0 Å². The van der Waals surface area contributed by atoms with Crippen molar-refractivity contribution in [2.24, 2.45) is 5.92 Å². The molecule has 1 rings (SSSR count). The predicted molar refractivity (Wildman–Crippen MR) is 63.5 cm³/mol. The molecule has 2 atom stereocenters. The van der Waals surface area contributed by atoms with Crippen LogP contribution in [0.4, 0.5) is 0 Å². The number of carboxylic acid groups (broad SMARTS) is 1. The van der Waals surface area contributed by atoms with Crippen LogP contribution in [0.25, 0.3) is 0 Å². The zero-order valence-corrected chi connectivity index (χ0v) is 10.3. The molecule has 1 aliphatic rings. The average Bonchev–Trinajstić information content (AvgIpc) is 2.54. The Labute approximate surface area is 102 Å². The van der Waals surface area contributed by atoms with Crippen molar-refractivity contribution >= 4 is 11.9 Å². The summed E-state index contributed by atoms with van der Waals surface area (Å²) in [5, 5.41) is 9.02. The molecule has 17 heavy (non-hydrogen) atoms. The first-order valence-corrected chi connectivity index (χ1v) is 6.20. The van der Waals surface area contributed by atoms with E-state index in [4.69, 9.17) is 9.84 Å². The molecular weight excluding hydrogens is 220 g/mol. The summed E-state index contributed by atoms with van der Waals surface area (Å²) in [5.74, 6) is -2.43. The highest BCUT2D eigenvalue weighted by Crippen LogP contribution is 2.30. The molecule has 0 aromatic heterocycles. The van der Waals surface area contributed by atoms with Crippen LogP contribution in [0.2, 0.25) is 0 Å². The van der Waals surface area contributed by atoms with Crippen molar-refractivity contribution in [2.75, 3.05) is 0 Å². The Kier molecular flexibility index (Phi) is 5.19. The summed E-state index contributed by atoms with van der Waals surface area (Å²) in [6, 6.07) is 0. The molecule has 1 fully saturated rings. The Hall–Kier alpha value is -1.32. The highest BCUT2D eigenvalue weighted by molar-refractivity contribution is 5.97. The second kappa shape index (κ2) is 6.42. The number of rotatable bonds is 7. The third kappa shape index (κ3) is 3.58. The predicted octanol–water partition coefficient (Wildman–Crippen LogP) is 2.53. The molecule has 96 valence electrons. The van der Waals surface area contributed by atoms with Crippen LogP contribution < -0.4 is 0 Å². The third-order valence-corrected chi connectivity index (χ3v) is 3.13. The molecule has 0 spiro atoms. The largest absolute Gasteiger partial charge is 0.481 e. The van der Waals surface area contributed by atoms with Crippen LogP contribution in [0, 0.1) is 5.92 Å². The van der Waals surface area contributed by atoms with E-state index in [-0.39, 0.29) is 5.57 Å². The summed E-state index contributed by atoms with van der Waals surface area (Å²) in [5.41, 5.74) is 0.0797. The van der Waals surface area contributed by atoms with Gasteiger partial charge in [0.25, 0.3) is 0 Å². The normalized spacial score (nSPS) is 23.8. The SMILES string of the molecule is C=C1C(=O)OC(CCCCCCC)C1C(=O)O. The zero-order valence-electron chi connectivity index (χ0n) is 10.3. The van der Waals surface area contributed by atoms with Gasteiger partial charge in [0.1, 0.15) is 12.0 Å². The van der Waals surface area contributed by atoms with E-state index in [0.717, 1.165) is 19.3 Å².